The van der Waals surface area contributed by atoms with E-state index in [1.807, 2.05) is 29.8 Å². The van der Waals surface area contributed by atoms with Crippen LogP contribution in [0.1, 0.15) is 22.8 Å². The van der Waals surface area contributed by atoms with Crippen molar-refractivity contribution in [1.82, 2.24) is 19.7 Å². The number of carbonyl (C=O) groups is 1. The number of rotatable bonds is 10. The van der Waals surface area contributed by atoms with Gasteiger partial charge >= 0.3 is 0 Å². The summed E-state index contributed by atoms with van der Waals surface area (Å²) in [6.45, 7) is 3.79. The number of aryl methyl sites for hydroxylation is 1. The maximum absolute atomic E-state index is 11.4. The second kappa shape index (κ2) is 9.61. The third kappa shape index (κ3) is 4.52. The minimum absolute atomic E-state index is 0.241. The Morgan fingerprint density at radius 1 is 1.14 bits per heavy atom. The molecule has 8 heteroatoms. The highest BCUT2D eigenvalue weighted by Gasteiger charge is 2.13. The highest BCUT2D eigenvalue weighted by Crippen LogP contribution is 2.25. The third-order valence-corrected chi connectivity index (χ3v) is 4.07. The van der Waals surface area contributed by atoms with E-state index >= 15 is 0 Å². The second-order valence-corrected chi connectivity index (χ2v) is 5.85. The third-order valence-electron chi connectivity index (χ3n) is 4.07. The molecule has 0 aliphatic carbocycles. The zero-order chi connectivity index (χ0) is 19.8. The van der Waals surface area contributed by atoms with Crippen molar-refractivity contribution in [2.45, 2.75) is 20.1 Å². The van der Waals surface area contributed by atoms with Gasteiger partial charge in [0.2, 0.25) is 5.88 Å². The molecular formula is C20H22N4O4. The van der Waals surface area contributed by atoms with Crippen molar-refractivity contribution in [2.24, 2.45) is 0 Å². The summed E-state index contributed by atoms with van der Waals surface area (Å²) in [7, 11) is 1.59. The van der Waals surface area contributed by atoms with Gasteiger partial charge in [0.25, 0.3) is 0 Å². The number of aldehydes is 1. The molecule has 0 radical (unpaired) electrons. The monoisotopic (exact) mass is 382 g/mol. The summed E-state index contributed by atoms with van der Waals surface area (Å²) >= 11 is 0. The van der Waals surface area contributed by atoms with Crippen molar-refractivity contribution in [3.63, 3.8) is 0 Å². The summed E-state index contributed by atoms with van der Waals surface area (Å²) in [5, 5.41) is 4.29. The van der Waals surface area contributed by atoms with Gasteiger partial charge in [0.1, 0.15) is 19.0 Å². The molecule has 3 aromatic rings. The lowest BCUT2D eigenvalue weighted by molar-refractivity contribution is 0.111. The molecule has 0 saturated carbocycles. The second-order valence-electron chi connectivity index (χ2n) is 5.85. The van der Waals surface area contributed by atoms with Crippen LogP contribution >= 0.6 is 0 Å². The van der Waals surface area contributed by atoms with Crippen molar-refractivity contribution in [3.8, 4) is 23.0 Å². The molecule has 8 nitrogen and oxygen atoms in total. The molecule has 3 rings (SSSR count). The molecule has 0 bridgehead atoms. The van der Waals surface area contributed by atoms with E-state index in [1.165, 1.54) is 6.20 Å². The van der Waals surface area contributed by atoms with Crippen LogP contribution in [0.5, 0.6) is 11.6 Å². The Labute approximate surface area is 163 Å². The van der Waals surface area contributed by atoms with Gasteiger partial charge in [-0.2, -0.15) is 5.10 Å². The number of ether oxygens (including phenoxy) is 3. The van der Waals surface area contributed by atoms with Crippen LogP contribution < -0.4 is 9.47 Å². The highest BCUT2D eigenvalue weighted by atomic mass is 16.5. The van der Waals surface area contributed by atoms with Crippen LogP contribution in [0.3, 0.4) is 0 Å². The predicted molar refractivity (Wildman–Crippen MR) is 102 cm³/mol. The minimum atomic E-state index is 0.241. The molecule has 146 valence electrons. The molecule has 28 heavy (non-hydrogen) atoms. The molecule has 0 unspecified atom stereocenters. The minimum Gasteiger partial charge on any atom is -0.486 e. The fourth-order valence-corrected chi connectivity index (χ4v) is 2.69. The summed E-state index contributed by atoms with van der Waals surface area (Å²) < 4.78 is 18.1. The molecule has 3 heterocycles. The Hall–Kier alpha value is -3.26. The van der Waals surface area contributed by atoms with E-state index in [9.17, 15) is 4.79 Å². The zero-order valence-electron chi connectivity index (χ0n) is 15.9. The van der Waals surface area contributed by atoms with Crippen molar-refractivity contribution < 1.29 is 19.0 Å². The van der Waals surface area contributed by atoms with Gasteiger partial charge < -0.3 is 14.2 Å². The fraction of sp³-hybridized carbons (Fsp3) is 0.300. The standard InChI is InChI=1S/C20H22N4O4/c1-3-24-17(6-8-23-24)20-15(5-4-7-21-20)14-28-18-12-22-19(11-16(18)13-25)27-10-9-26-2/h4-8,11-13H,3,9-10,14H2,1-2H3. The smallest absolute Gasteiger partial charge is 0.214 e. The molecular weight excluding hydrogens is 360 g/mol. The first-order chi connectivity index (χ1) is 13.8. The van der Waals surface area contributed by atoms with E-state index in [4.69, 9.17) is 14.2 Å². The maximum Gasteiger partial charge on any atom is 0.214 e. The number of carbonyl (C=O) groups excluding carboxylic acids is 1. The van der Waals surface area contributed by atoms with Gasteiger partial charge in [0, 0.05) is 37.7 Å². The Bertz CT molecular complexity index is 926. The van der Waals surface area contributed by atoms with E-state index in [2.05, 4.69) is 15.1 Å². The quantitative estimate of drug-likeness (QED) is 0.393. The molecule has 0 N–H and O–H groups in total. The molecule has 3 aromatic heterocycles. The summed E-state index contributed by atoms with van der Waals surface area (Å²) in [5.41, 5.74) is 2.96. The molecule has 0 atom stereocenters. The van der Waals surface area contributed by atoms with Gasteiger partial charge in [0.05, 0.1) is 29.8 Å². The van der Waals surface area contributed by atoms with Crippen LogP contribution in [-0.2, 0) is 17.9 Å². The number of aromatic nitrogens is 4. The first-order valence-electron chi connectivity index (χ1n) is 8.92. The van der Waals surface area contributed by atoms with Crippen LogP contribution in [0.2, 0.25) is 0 Å². The summed E-state index contributed by atoms with van der Waals surface area (Å²) in [5.74, 6) is 0.730. The first-order valence-corrected chi connectivity index (χ1v) is 8.92. The molecule has 0 aromatic carbocycles. The van der Waals surface area contributed by atoms with Gasteiger partial charge in [0.15, 0.2) is 6.29 Å². The van der Waals surface area contributed by atoms with E-state index < -0.39 is 0 Å². The zero-order valence-corrected chi connectivity index (χ0v) is 15.9. The average Bonchev–Trinajstić information content (AvgIpc) is 3.21. The van der Waals surface area contributed by atoms with Crippen molar-refractivity contribution >= 4 is 6.29 Å². The van der Waals surface area contributed by atoms with E-state index in [0.29, 0.717) is 30.4 Å². The Morgan fingerprint density at radius 2 is 2.04 bits per heavy atom. The predicted octanol–water partition coefficient (Wildman–Crippen LogP) is 2.78. The van der Waals surface area contributed by atoms with Crippen molar-refractivity contribution in [3.05, 3.63) is 54.0 Å². The largest absolute Gasteiger partial charge is 0.486 e. The van der Waals surface area contributed by atoms with Crippen LogP contribution in [0, 0.1) is 0 Å². The maximum atomic E-state index is 11.4. The van der Waals surface area contributed by atoms with Gasteiger partial charge in [-0.25, -0.2) is 4.98 Å². The molecule has 0 aliphatic rings. The van der Waals surface area contributed by atoms with Gasteiger partial charge in [-0.3, -0.25) is 14.5 Å². The van der Waals surface area contributed by atoms with Crippen LogP contribution in [0.25, 0.3) is 11.4 Å². The normalized spacial score (nSPS) is 10.6. The lowest BCUT2D eigenvalue weighted by atomic mass is 10.1. The Kier molecular flexibility index (Phi) is 6.69. The summed E-state index contributed by atoms with van der Waals surface area (Å²) in [6, 6.07) is 7.25. The van der Waals surface area contributed by atoms with Crippen LogP contribution in [0.15, 0.2) is 42.9 Å². The number of nitrogens with zero attached hydrogens (tertiary/aromatic N) is 4. The van der Waals surface area contributed by atoms with Gasteiger partial charge in [-0.05, 0) is 19.1 Å². The van der Waals surface area contributed by atoms with Crippen LogP contribution in [0.4, 0.5) is 0 Å². The topological polar surface area (TPSA) is 88.4 Å². The van der Waals surface area contributed by atoms with Gasteiger partial charge in [-0.15, -0.1) is 0 Å². The SMILES string of the molecule is CCn1nccc1-c1ncccc1COc1cnc(OCCOC)cc1C=O. The van der Waals surface area contributed by atoms with E-state index in [-0.39, 0.29) is 6.61 Å². The average molecular weight is 382 g/mol. The Balaban J connectivity index is 1.77. The number of hydrogen-bond acceptors (Lipinski definition) is 7. The van der Waals surface area contributed by atoms with Gasteiger partial charge in [-0.1, -0.05) is 6.07 Å². The highest BCUT2D eigenvalue weighted by molar-refractivity contribution is 5.79. The number of hydrogen-bond donors (Lipinski definition) is 0. The lowest BCUT2D eigenvalue weighted by Gasteiger charge is -2.13. The number of pyridine rings is 2. The van der Waals surface area contributed by atoms with Crippen molar-refractivity contribution in [1.29, 1.82) is 0 Å². The lowest BCUT2D eigenvalue weighted by Crippen LogP contribution is -2.07. The summed E-state index contributed by atoms with van der Waals surface area (Å²) in [4.78, 5) is 20.1. The molecule has 0 aliphatic heterocycles. The molecule has 0 fully saturated rings. The first kappa shape index (κ1) is 19.5. The molecule has 0 amide bonds. The molecule has 0 spiro atoms. The number of methoxy groups -OCH3 is 1. The summed E-state index contributed by atoms with van der Waals surface area (Å²) in [6.07, 6.45) is 5.68. The van der Waals surface area contributed by atoms with Crippen LogP contribution in [-0.4, -0.2) is 46.4 Å². The van der Waals surface area contributed by atoms with E-state index in [1.54, 1.807) is 25.6 Å². The molecule has 0 saturated heterocycles. The fourth-order valence-electron chi connectivity index (χ4n) is 2.69. The Morgan fingerprint density at radius 3 is 2.82 bits per heavy atom. The van der Waals surface area contributed by atoms with E-state index in [0.717, 1.165) is 29.8 Å². The van der Waals surface area contributed by atoms with Crippen molar-refractivity contribution in [2.75, 3.05) is 20.3 Å².